The smallest absolute Gasteiger partial charge is 0.276 e. The molecule has 0 saturated heterocycles. The van der Waals surface area contributed by atoms with E-state index in [-0.39, 0.29) is 5.91 Å². The van der Waals surface area contributed by atoms with Gasteiger partial charge in [0.2, 0.25) is 0 Å². The molecule has 0 fully saturated rings. The SMILES string of the molecule is COc1ccc(C)cc1NC(=O)c1nc2ccccc2nc1C. The summed E-state index contributed by atoms with van der Waals surface area (Å²) in [7, 11) is 1.57. The summed E-state index contributed by atoms with van der Waals surface area (Å²) in [6.45, 7) is 3.73. The molecule has 116 valence electrons. The Bertz CT molecular complexity index is 891. The third kappa shape index (κ3) is 2.99. The zero-order chi connectivity index (χ0) is 16.4. The van der Waals surface area contributed by atoms with Crippen molar-refractivity contribution in [3.63, 3.8) is 0 Å². The van der Waals surface area contributed by atoms with Gasteiger partial charge in [-0.25, -0.2) is 9.97 Å². The number of hydrogen-bond donors (Lipinski definition) is 1. The molecule has 3 aromatic rings. The molecule has 0 aliphatic carbocycles. The van der Waals surface area contributed by atoms with Crippen LogP contribution in [0.3, 0.4) is 0 Å². The lowest BCUT2D eigenvalue weighted by Gasteiger charge is -2.12. The number of carbonyl (C=O) groups is 1. The molecule has 0 aliphatic heterocycles. The van der Waals surface area contributed by atoms with Crippen molar-refractivity contribution >= 4 is 22.6 Å². The summed E-state index contributed by atoms with van der Waals surface area (Å²) in [5.74, 6) is 0.306. The molecule has 0 unspecified atom stereocenters. The lowest BCUT2D eigenvalue weighted by molar-refractivity contribution is 0.102. The zero-order valence-electron chi connectivity index (χ0n) is 13.3. The van der Waals surface area contributed by atoms with E-state index in [1.807, 2.05) is 49.4 Å². The Labute approximate surface area is 134 Å². The minimum atomic E-state index is -0.301. The van der Waals surface area contributed by atoms with Crippen LogP contribution in [-0.4, -0.2) is 23.0 Å². The van der Waals surface area contributed by atoms with Crippen molar-refractivity contribution in [3.8, 4) is 5.75 Å². The van der Waals surface area contributed by atoms with Gasteiger partial charge in [-0.15, -0.1) is 0 Å². The normalized spacial score (nSPS) is 10.6. The van der Waals surface area contributed by atoms with Crippen LogP contribution in [0.5, 0.6) is 5.75 Å². The number of rotatable bonds is 3. The predicted molar refractivity (Wildman–Crippen MR) is 90.0 cm³/mol. The Kier molecular flexibility index (Phi) is 3.93. The van der Waals surface area contributed by atoms with Gasteiger partial charge in [-0.1, -0.05) is 18.2 Å². The van der Waals surface area contributed by atoms with Gasteiger partial charge in [0, 0.05) is 0 Å². The molecule has 0 bridgehead atoms. The van der Waals surface area contributed by atoms with Crippen molar-refractivity contribution in [2.45, 2.75) is 13.8 Å². The number of anilines is 1. The lowest BCUT2D eigenvalue weighted by Crippen LogP contribution is -2.17. The second-order valence-electron chi connectivity index (χ2n) is 5.30. The average Bonchev–Trinajstić information content (AvgIpc) is 2.54. The van der Waals surface area contributed by atoms with Crippen molar-refractivity contribution in [1.82, 2.24) is 9.97 Å². The number of aromatic nitrogens is 2. The summed E-state index contributed by atoms with van der Waals surface area (Å²) >= 11 is 0. The van der Waals surface area contributed by atoms with E-state index >= 15 is 0 Å². The number of amides is 1. The fraction of sp³-hybridized carbons (Fsp3) is 0.167. The highest BCUT2D eigenvalue weighted by Crippen LogP contribution is 2.26. The summed E-state index contributed by atoms with van der Waals surface area (Å²) < 4.78 is 5.29. The van der Waals surface area contributed by atoms with Gasteiger partial charge < -0.3 is 10.1 Å². The third-order valence-electron chi connectivity index (χ3n) is 3.56. The van der Waals surface area contributed by atoms with Crippen molar-refractivity contribution in [3.05, 3.63) is 59.4 Å². The third-order valence-corrected chi connectivity index (χ3v) is 3.56. The van der Waals surface area contributed by atoms with Crippen molar-refractivity contribution in [2.24, 2.45) is 0 Å². The predicted octanol–water partition coefficient (Wildman–Crippen LogP) is 3.51. The Morgan fingerprint density at radius 3 is 2.43 bits per heavy atom. The molecule has 0 radical (unpaired) electrons. The molecule has 0 atom stereocenters. The number of hydrogen-bond acceptors (Lipinski definition) is 4. The lowest BCUT2D eigenvalue weighted by atomic mass is 10.2. The first kappa shape index (κ1) is 15.0. The number of methoxy groups -OCH3 is 1. The van der Waals surface area contributed by atoms with Crippen LogP contribution in [0.4, 0.5) is 5.69 Å². The number of carbonyl (C=O) groups excluding carboxylic acids is 1. The van der Waals surface area contributed by atoms with Gasteiger partial charge >= 0.3 is 0 Å². The van der Waals surface area contributed by atoms with Crippen LogP contribution in [0.1, 0.15) is 21.7 Å². The monoisotopic (exact) mass is 307 g/mol. The molecular weight excluding hydrogens is 290 g/mol. The summed E-state index contributed by atoms with van der Waals surface area (Å²) in [5, 5.41) is 2.86. The number of nitrogens with one attached hydrogen (secondary N) is 1. The van der Waals surface area contributed by atoms with Gasteiger partial charge in [0.05, 0.1) is 29.5 Å². The van der Waals surface area contributed by atoms with E-state index in [2.05, 4.69) is 15.3 Å². The van der Waals surface area contributed by atoms with Crippen molar-refractivity contribution < 1.29 is 9.53 Å². The highest BCUT2D eigenvalue weighted by Gasteiger charge is 2.15. The van der Waals surface area contributed by atoms with E-state index in [4.69, 9.17) is 4.74 Å². The standard InChI is InChI=1S/C18H17N3O2/c1-11-8-9-16(23-3)15(10-11)21-18(22)17-12(2)19-13-6-4-5-7-14(13)20-17/h4-10H,1-3H3,(H,21,22). The van der Waals surface area contributed by atoms with E-state index in [9.17, 15) is 4.79 Å². The quantitative estimate of drug-likeness (QED) is 0.804. The highest BCUT2D eigenvalue weighted by atomic mass is 16.5. The van der Waals surface area contributed by atoms with Gasteiger partial charge in [-0.3, -0.25) is 4.79 Å². The van der Waals surface area contributed by atoms with Gasteiger partial charge in [-0.05, 0) is 43.7 Å². The molecule has 1 heterocycles. The van der Waals surface area contributed by atoms with E-state index in [0.717, 1.165) is 11.1 Å². The maximum absolute atomic E-state index is 12.6. The Balaban J connectivity index is 1.98. The van der Waals surface area contributed by atoms with E-state index in [0.29, 0.717) is 28.3 Å². The zero-order valence-corrected chi connectivity index (χ0v) is 13.3. The van der Waals surface area contributed by atoms with Crippen LogP contribution in [0.2, 0.25) is 0 Å². The summed E-state index contributed by atoms with van der Waals surface area (Å²) in [6.07, 6.45) is 0. The minimum Gasteiger partial charge on any atom is -0.495 e. The number of benzene rings is 2. The largest absolute Gasteiger partial charge is 0.495 e. The summed E-state index contributed by atoms with van der Waals surface area (Å²) in [5.41, 5.74) is 4.02. The maximum atomic E-state index is 12.6. The van der Waals surface area contributed by atoms with Gasteiger partial charge in [-0.2, -0.15) is 0 Å². The van der Waals surface area contributed by atoms with Crippen LogP contribution in [-0.2, 0) is 0 Å². The Hall–Kier alpha value is -2.95. The Morgan fingerprint density at radius 2 is 1.74 bits per heavy atom. The molecule has 3 rings (SSSR count). The fourth-order valence-corrected chi connectivity index (χ4v) is 2.40. The van der Waals surface area contributed by atoms with E-state index < -0.39 is 0 Å². The molecule has 5 nitrogen and oxygen atoms in total. The number of nitrogens with zero attached hydrogens (tertiary/aromatic N) is 2. The molecule has 1 aromatic heterocycles. The number of fused-ring (bicyclic) bond motifs is 1. The van der Waals surface area contributed by atoms with Crippen LogP contribution >= 0.6 is 0 Å². The molecule has 0 aliphatic rings. The van der Waals surface area contributed by atoms with Crippen LogP contribution in [0, 0.1) is 13.8 Å². The second kappa shape index (κ2) is 6.04. The number of ether oxygens (including phenoxy) is 1. The topological polar surface area (TPSA) is 64.1 Å². The van der Waals surface area contributed by atoms with E-state index in [1.54, 1.807) is 14.0 Å². The van der Waals surface area contributed by atoms with Gasteiger partial charge in [0.25, 0.3) is 5.91 Å². The van der Waals surface area contributed by atoms with Gasteiger partial charge in [0.15, 0.2) is 0 Å². The molecule has 2 aromatic carbocycles. The molecule has 23 heavy (non-hydrogen) atoms. The van der Waals surface area contributed by atoms with Crippen molar-refractivity contribution in [2.75, 3.05) is 12.4 Å². The summed E-state index contributed by atoms with van der Waals surface area (Å²) in [6, 6.07) is 13.1. The molecule has 1 N–H and O–H groups in total. The molecule has 1 amide bonds. The summed E-state index contributed by atoms with van der Waals surface area (Å²) in [4.78, 5) is 21.5. The van der Waals surface area contributed by atoms with Gasteiger partial charge in [0.1, 0.15) is 11.4 Å². The van der Waals surface area contributed by atoms with E-state index in [1.165, 1.54) is 0 Å². The first-order valence-corrected chi connectivity index (χ1v) is 7.28. The Morgan fingerprint density at radius 1 is 1.04 bits per heavy atom. The average molecular weight is 307 g/mol. The first-order valence-electron chi connectivity index (χ1n) is 7.28. The van der Waals surface area contributed by atoms with Crippen molar-refractivity contribution in [1.29, 1.82) is 0 Å². The second-order valence-corrected chi connectivity index (χ2v) is 5.30. The number of para-hydroxylation sites is 2. The molecular formula is C18H17N3O2. The first-order chi connectivity index (χ1) is 11.1. The highest BCUT2D eigenvalue weighted by molar-refractivity contribution is 6.05. The maximum Gasteiger partial charge on any atom is 0.276 e. The fourth-order valence-electron chi connectivity index (χ4n) is 2.40. The molecule has 5 heteroatoms. The molecule has 0 spiro atoms. The minimum absolute atomic E-state index is 0.301. The van der Waals surface area contributed by atoms with Crippen LogP contribution in [0.15, 0.2) is 42.5 Å². The van der Waals surface area contributed by atoms with Crippen LogP contribution < -0.4 is 10.1 Å². The van der Waals surface area contributed by atoms with Crippen LogP contribution in [0.25, 0.3) is 11.0 Å². The molecule has 0 saturated carbocycles. The number of aryl methyl sites for hydroxylation is 2.